The maximum absolute atomic E-state index is 9.30. The Hall–Kier alpha value is -0.910. The van der Waals surface area contributed by atoms with Crippen molar-refractivity contribution in [3.8, 4) is 0 Å². The van der Waals surface area contributed by atoms with E-state index in [4.69, 9.17) is 0 Å². The van der Waals surface area contributed by atoms with E-state index in [2.05, 4.69) is 35.4 Å². The zero-order valence-electron chi connectivity index (χ0n) is 12.3. The van der Waals surface area contributed by atoms with Crippen LogP contribution in [0.25, 0.3) is 0 Å². The molecule has 1 aliphatic heterocycles. The number of nitrogens with one attached hydrogen (secondary N) is 1. The van der Waals surface area contributed by atoms with Crippen LogP contribution in [0.2, 0.25) is 0 Å². The quantitative estimate of drug-likeness (QED) is 0.801. The topological polar surface area (TPSA) is 53.3 Å². The van der Waals surface area contributed by atoms with Crippen LogP contribution in [-0.2, 0) is 7.05 Å². The normalized spacial score (nSPS) is 21.2. The van der Waals surface area contributed by atoms with Crippen LogP contribution in [0, 0.1) is 6.92 Å². The lowest BCUT2D eigenvalue weighted by Gasteiger charge is -2.30. The highest BCUT2D eigenvalue weighted by atomic mass is 16.3. The molecule has 1 aliphatic rings. The molecular formula is C14H26N4O. The second kappa shape index (κ2) is 6.50. The third kappa shape index (κ3) is 3.55. The van der Waals surface area contributed by atoms with Gasteiger partial charge < -0.3 is 10.4 Å². The fourth-order valence-corrected chi connectivity index (χ4v) is 2.99. The molecule has 5 nitrogen and oxygen atoms in total. The summed E-state index contributed by atoms with van der Waals surface area (Å²) in [4.78, 5) is 2.35. The summed E-state index contributed by atoms with van der Waals surface area (Å²) in [7, 11) is 1.96. The van der Waals surface area contributed by atoms with Gasteiger partial charge in [0, 0.05) is 44.0 Å². The van der Waals surface area contributed by atoms with Gasteiger partial charge in [-0.3, -0.25) is 9.58 Å². The molecule has 0 saturated carbocycles. The minimum atomic E-state index is 0.205. The average Bonchev–Trinajstić information content (AvgIpc) is 2.97. The van der Waals surface area contributed by atoms with Gasteiger partial charge in [-0.05, 0) is 33.2 Å². The predicted octanol–water partition coefficient (Wildman–Crippen LogP) is 0.836. The molecule has 1 saturated heterocycles. The van der Waals surface area contributed by atoms with Crippen molar-refractivity contribution >= 4 is 0 Å². The van der Waals surface area contributed by atoms with Crippen molar-refractivity contribution < 1.29 is 5.11 Å². The molecule has 5 heteroatoms. The first-order chi connectivity index (χ1) is 9.11. The molecule has 0 aliphatic carbocycles. The van der Waals surface area contributed by atoms with Gasteiger partial charge in [0.25, 0.3) is 0 Å². The van der Waals surface area contributed by atoms with Crippen molar-refractivity contribution in [3.05, 3.63) is 17.5 Å². The second-order valence-electron chi connectivity index (χ2n) is 5.53. The highest BCUT2D eigenvalue weighted by Gasteiger charge is 2.23. The van der Waals surface area contributed by atoms with E-state index in [0.717, 1.165) is 18.8 Å². The molecule has 2 atom stereocenters. The Morgan fingerprint density at radius 2 is 2.42 bits per heavy atom. The summed E-state index contributed by atoms with van der Waals surface area (Å²) in [5, 5.41) is 17.2. The van der Waals surface area contributed by atoms with Crippen molar-refractivity contribution in [2.75, 3.05) is 26.2 Å². The number of aliphatic hydroxyl groups is 1. The largest absolute Gasteiger partial charge is 0.395 e. The van der Waals surface area contributed by atoms with Gasteiger partial charge in [-0.1, -0.05) is 0 Å². The third-order valence-corrected chi connectivity index (χ3v) is 4.05. The molecule has 0 radical (unpaired) electrons. The minimum absolute atomic E-state index is 0.205. The Morgan fingerprint density at radius 3 is 2.95 bits per heavy atom. The second-order valence-corrected chi connectivity index (χ2v) is 5.53. The van der Waals surface area contributed by atoms with Crippen molar-refractivity contribution in [2.24, 2.45) is 7.05 Å². The Kier molecular flexibility index (Phi) is 4.96. The van der Waals surface area contributed by atoms with Crippen LogP contribution < -0.4 is 5.32 Å². The van der Waals surface area contributed by atoms with Crippen molar-refractivity contribution in [1.29, 1.82) is 0 Å². The Balaban J connectivity index is 2.06. The van der Waals surface area contributed by atoms with Gasteiger partial charge in [0.15, 0.2) is 0 Å². The lowest BCUT2D eigenvalue weighted by Crippen LogP contribution is -2.40. The van der Waals surface area contributed by atoms with Gasteiger partial charge in [0.05, 0.1) is 12.3 Å². The average molecular weight is 266 g/mol. The summed E-state index contributed by atoms with van der Waals surface area (Å²) in [5.41, 5.74) is 2.34. The maximum Gasteiger partial charge on any atom is 0.0641 e. The number of nitrogens with zero attached hydrogens (tertiary/aromatic N) is 3. The van der Waals surface area contributed by atoms with Crippen LogP contribution in [-0.4, -0.2) is 52.1 Å². The fraction of sp³-hybridized carbons (Fsp3) is 0.786. The summed E-state index contributed by atoms with van der Waals surface area (Å²) in [6.45, 7) is 7.30. The number of hydrogen-bond acceptors (Lipinski definition) is 4. The van der Waals surface area contributed by atoms with Gasteiger partial charge in [0.1, 0.15) is 0 Å². The van der Waals surface area contributed by atoms with Gasteiger partial charge >= 0.3 is 0 Å². The van der Waals surface area contributed by atoms with Crippen LogP contribution in [0.4, 0.5) is 0 Å². The number of aryl methyl sites for hydroxylation is 2. The molecule has 1 fully saturated rings. The molecule has 0 spiro atoms. The van der Waals surface area contributed by atoms with E-state index in [9.17, 15) is 5.11 Å². The lowest BCUT2D eigenvalue weighted by molar-refractivity contribution is 0.147. The molecule has 2 N–H and O–H groups in total. The molecular weight excluding hydrogens is 240 g/mol. The molecule has 108 valence electrons. The third-order valence-electron chi connectivity index (χ3n) is 4.05. The first kappa shape index (κ1) is 14.5. The summed E-state index contributed by atoms with van der Waals surface area (Å²) in [6, 6.07) is 0.856. The molecule has 19 heavy (non-hydrogen) atoms. The summed E-state index contributed by atoms with van der Waals surface area (Å²) < 4.78 is 1.87. The van der Waals surface area contributed by atoms with E-state index in [1.54, 1.807) is 0 Å². The van der Waals surface area contributed by atoms with E-state index in [0.29, 0.717) is 18.6 Å². The van der Waals surface area contributed by atoms with E-state index in [1.165, 1.54) is 18.4 Å². The molecule has 1 aromatic heterocycles. The zero-order chi connectivity index (χ0) is 13.8. The highest BCUT2D eigenvalue weighted by molar-refractivity contribution is 5.19. The number of aliphatic hydroxyl groups excluding tert-OH is 1. The number of hydrogen-bond donors (Lipinski definition) is 2. The molecule has 0 aromatic carbocycles. The first-order valence-electron chi connectivity index (χ1n) is 7.20. The van der Waals surface area contributed by atoms with Crippen LogP contribution in [0.15, 0.2) is 6.20 Å². The number of rotatable bonds is 6. The van der Waals surface area contributed by atoms with E-state index in [-0.39, 0.29) is 6.61 Å². The standard InChI is InChI=1S/C14H26N4O/c1-11-14(10-17(3)16-11)12(2)18(7-8-19)9-13-5-4-6-15-13/h10,12-13,15,19H,4-9H2,1-3H3. The molecule has 1 aromatic rings. The fourth-order valence-electron chi connectivity index (χ4n) is 2.99. The number of aromatic nitrogens is 2. The van der Waals surface area contributed by atoms with E-state index >= 15 is 0 Å². The Morgan fingerprint density at radius 1 is 1.63 bits per heavy atom. The monoisotopic (exact) mass is 266 g/mol. The summed E-state index contributed by atoms with van der Waals surface area (Å²) in [6.07, 6.45) is 4.59. The smallest absolute Gasteiger partial charge is 0.0641 e. The van der Waals surface area contributed by atoms with Crippen LogP contribution in [0.3, 0.4) is 0 Å². The SMILES string of the molecule is Cc1nn(C)cc1C(C)N(CCO)CC1CCCN1. The van der Waals surface area contributed by atoms with Crippen molar-refractivity contribution in [1.82, 2.24) is 20.0 Å². The zero-order valence-corrected chi connectivity index (χ0v) is 12.3. The lowest BCUT2D eigenvalue weighted by atomic mass is 10.1. The van der Waals surface area contributed by atoms with Crippen LogP contribution >= 0.6 is 0 Å². The summed E-state index contributed by atoms with van der Waals surface area (Å²) in [5.74, 6) is 0. The molecule has 2 unspecified atom stereocenters. The Bertz CT molecular complexity index is 398. The van der Waals surface area contributed by atoms with Crippen molar-refractivity contribution in [3.63, 3.8) is 0 Å². The Labute approximate surface area is 115 Å². The van der Waals surface area contributed by atoms with Crippen LogP contribution in [0.1, 0.15) is 37.1 Å². The minimum Gasteiger partial charge on any atom is -0.395 e. The van der Waals surface area contributed by atoms with Crippen molar-refractivity contribution in [2.45, 2.75) is 38.8 Å². The molecule has 2 rings (SSSR count). The highest BCUT2D eigenvalue weighted by Crippen LogP contribution is 2.23. The molecule has 0 bridgehead atoms. The first-order valence-corrected chi connectivity index (χ1v) is 7.20. The van der Waals surface area contributed by atoms with Gasteiger partial charge in [0.2, 0.25) is 0 Å². The molecule has 2 heterocycles. The van der Waals surface area contributed by atoms with E-state index < -0.39 is 0 Å². The predicted molar refractivity (Wildman–Crippen MR) is 76.0 cm³/mol. The maximum atomic E-state index is 9.30. The van der Waals surface area contributed by atoms with Crippen LogP contribution in [0.5, 0.6) is 0 Å². The van der Waals surface area contributed by atoms with Gasteiger partial charge in [-0.15, -0.1) is 0 Å². The van der Waals surface area contributed by atoms with Gasteiger partial charge in [-0.25, -0.2) is 0 Å². The summed E-state index contributed by atoms with van der Waals surface area (Å²) >= 11 is 0. The van der Waals surface area contributed by atoms with E-state index in [1.807, 2.05) is 11.7 Å². The van der Waals surface area contributed by atoms with Gasteiger partial charge in [-0.2, -0.15) is 5.10 Å². The molecule has 0 amide bonds.